The van der Waals surface area contributed by atoms with Gasteiger partial charge in [-0.3, -0.25) is 0 Å². The third-order valence-corrected chi connectivity index (χ3v) is 3.36. The van der Waals surface area contributed by atoms with Crippen LogP contribution in [0.15, 0.2) is 24.3 Å². The molecule has 18 heavy (non-hydrogen) atoms. The molecule has 1 aliphatic rings. The van der Waals surface area contributed by atoms with E-state index in [2.05, 4.69) is 5.32 Å². The van der Waals surface area contributed by atoms with E-state index in [4.69, 9.17) is 4.74 Å². The lowest BCUT2D eigenvalue weighted by molar-refractivity contribution is 0.0483. The molecule has 1 saturated heterocycles. The van der Waals surface area contributed by atoms with Crippen molar-refractivity contribution in [2.45, 2.75) is 38.4 Å². The van der Waals surface area contributed by atoms with Crippen molar-refractivity contribution < 1.29 is 9.13 Å². The van der Waals surface area contributed by atoms with E-state index in [1.807, 2.05) is 31.2 Å². The first kappa shape index (κ1) is 13.5. The normalized spacial score (nSPS) is 23.6. The largest absolute Gasteiger partial charge is 0.379 e. The Morgan fingerprint density at radius 2 is 2.11 bits per heavy atom. The second-order valence-corrected chi connectivity index (χ2v) is 5.51. The molecule has 1 heterocycles. The fourth-order valence-electron chi connectivity index (χ4n) is 2.47. The fourth-order valence-corrected chi connectivity index (χ4v) is 2.47. The van der Waals surface area contributed by atoms with Crippen LogP contribution in [0.1, 0.15) is 24.5 Å². The summed E-state index contributed by atoms with van der Waals surface area (Å²) in [4.78, 5) is 0. The Bertz CT molecular complexity index is 369. The lowest BCUT2D eigenvalue weighted by atomic mass is 9.91. The Balaban J connectivity index is 1.91. The summed E-state index contributed by atoms with van der Waals surface area (Å²) in [6, 6.07) is 8.23. The molecule has 1 aromatic carbocycles. The lowest BCUT2D eigenvalue weighted by Gasteiger charge is -2.30. The highest BCUT2D eigenvalue weighted by molar-refractivity contribution is 5.22. The number of hydrogen-bond acceptors (Lipinski definition) is 2. The van der Waals surface area contributed by atoms with Crippen LogP contribution in [0.4, 0.5) is 4.39 Å². The summed E-state index contributed by atoms with van der Waals surface area (Å²) >= 11 is 0. The van der Waals surface area contributed by atoms with Crippen molar-refractivity contribution in [1.29, 1.82) is 0 Å². The molecule has 2 unspecified atom stereocenters. The summed E-state index contributed by atoms with van der Waals surface area (Å²) in [7, 11) is 0. The van der Waals surface area contributed by atoms with Gasteiger partial charge in [-0.25, -0.2) is 4.39 Å². The lowest BCUT2D eigenvalue weighted by Crippen LogP contribution is -2.45. The maximum Gasteiger partial charge on any atom is 0.113 e. The number of alkyl halides is 1. The molecule has 1 aromatic rings. The standard InChI is InChI=1S/C15H22FNO/c1-12-3-5-13(6-4-12)9-15(2,16)10-14-11-18-8-7-17-14/h3-6,14,17H,7-11H2,1-2H3. The average Bonchev–Trinajstić information content (AvgIpc) is 2.32. The maximum atomic E-state index is 14.6. The van der Waals surface area contributed by atoms with Gasteiger partial charge >= 0.3 is 0 Å². The van der Waals surface area contributed by atoms with Crippen molar-refractivity contribution in [2.75, 3.05) is 19.8 Å². The van der Waals surface area contributed by atoms with E-state index >= 15 is 0 Å². The van der Waals surface area contributed by atoms with Gasteiger partial charge in [0.15, 0.2) is 0 Å². The number of hydrogen-bond donors (Lipinski definition) is 1. The molecule has 0 amide bonds. The maximum absolute atomic E-state index is 14.6. The van der Waals surface area contributed by atoms with Crippen LogP contribution in [0, 0.1) is 6.92 Å². The van der Waals surface area contributed by atoms with Gasteiger partial charge in [-0.15, -0.1) is 0 Å². The third kappa shape index (κ3) is 4.07. The van der Waals surface area contributed by atoms with E-state index in [0.717, 1.165) is 18.7 Å². The molecule has 1 aliphatic heterocycles. The average molecular weight is 251 g/mol. The third-order valence-electron chi connectivity index (χ3n) is 3.36. The number of benzene rings is 1. The zero-order chi connectivity index (χ0) is 13.0. The van der Waals surface area contributed by atoms with Crippen molar-refractivity contribution in [1.82, 2.24) is 5.32 Å². The van der Waals surface area contributed by atoms with Gasteiger partial charge in [0.2, 0.25) is 0 Å². The Hall–Kier alpha value is -0.930. The predicted molar refractivity (Wildman–Crippen MR) is 71.6 cm³/mol. The quantitative estimate of drug-likeness (QED) is 0.888. The van der Waals surface area contributed by atoms with E-state index in [9.17, 15) is 4.39 Å². The molecule has 100 valence electrons. The molecule has 2 rings (SSSR count). The minimum atomic E-state index is -1.19. The number of halogens is 1. The molecule has 3 heteroatoms. The van der Waals surface area contributed by atoms with Gasteiger partial charge < -0.3 is 10.1 Å². The number of aryl methyl sites for hydroxylation is 1. The van der Waals surface area contributed by atoms with Gasteiger partial charge in [0.25, 0.3) is 0 Å². The Morgan fingerprint density at radius 1 is 1.39 bits per heavy atom. The van der Waals surface area contributed by atoms with E-state index in [1.165, 1.54) is 5.56 Å². The van der Waals surface area contributed by atoms with Gasteiger partial charge in [-0.1, -0.05) is 29.8 Å². The topological polar surface area (TPSA) is 21.3 Å². The van der Waals surface area contributed by atoms with Crippen molar-refractivity contribution in [3.63, 3.8) is 0 Å². The van der Waals surface area contributed by atoms with Crippen LogP contribution in [-0.4, -0.2) is 31.5 Å². The summed E-state index contributed by atoms with van der Waals surface area (Å²) in [5, 5.41) is 3.31. The van der Waals surface area contributed by atoms with Crippen molar-refractivity contribution in [3.8, 4) is 0 Å². The van der Waals surface area contributed by atoms with Gasteiger partial charge in [-0.05, 0) is 25.8 Å². The number of ether oxygens (including phenoxy) is 1. The predicted octanol–water partition coefficient (Wildman–Crippen LogP) is 2.64. The van der Waals surface area contributed by atoms with Crippen LogP contribution >= 0.6 is 0 Å². The first-order valence-electron chi connectivity index (χ1n) is 6.61. The molecular weight excluding hydrogens is 229 g/mol. The first-order valence-corrected chi connectivity index (χ1v) is 6.61. The summed E-state index contributed by atoms with van der Waals surface area (Å²) in [5.74, 6) is 0. The van der Waals surface area contributed by atoms with Crippen LogP contribution in [-0.2, 0) is 11.2 Å². The molecule has 0 aliphatic carbocycles. The van der Waals surface area contributed by atoms with Crippen molar-refractivity contribution in [2.24, 2.45) is 0 Å². The van der Waals surface area contributed by atoms with Crippen molar-refractivity contribution in [3.05, 3.63) is 35.4 Å². The zero-order valence-electron chi connectivity index (χ0n) is 11.2. The molecular formula is C15H22FNO. The molecule has 0 spiro atoms. The minimum absolute atomic E-state index is 0.138. The molecule has 1 N–H and O–H groups in total. The van der Waals surface area contributed by atoms with Gasteiger partial charge in [0.05, 0.1) is 13.2 Å². The zero-order valence-corrected chi connectivity index (χ0v) is 11.2. The monoisotopic (exact) mass is 251 g/mol. The molecule has 0 radical (unpaired) electrons. The highest BCUT2D eigenvalue weighted by Crippen LogP contribution is 2.24. The molecule has 0 bridgehead atoms. The highest BCUT2D eigenvalue weighted by Gasteiger charge is 2.29. The summed E-state index contributed by atoms with van der Waals surface area (Å²) in [6.07, 6.45) is 0.965. The number of nitrogens with one attached hydrogen (secondary N) is 1. The second kappa shape index (κ2) is 5.81. The van der Waals surface area contributed by atoms with E-state index in [-0.39, 0.29) is 6.04 Å². The van der Waals surface area contributed by atoms with Gasteiger partial charge in [-0.2, -0.15) is 0 Å². The first-order chi connectivity index (χ1) is 8.55. The van der Waals surface area contributed by atoms with Crippen LogP contribution in [0.25, 0.3) is 0 Å². The van der Waals surface area contributed by atoms with Crippen LogP contribution in [0.3, 0.4) is 0 Å². The fraction of sp³-hybridized carbons (Fsp3) is 0.600. The van der Waals surface area contributed by atoms with Crippen LogP contribution < -0.4 is 5.32 Å². The van der Waals surface area contributed by atoms with E-state index in [1.54, 1.807) is 6.92 Å². The van der Waals surface area contributed by atoms with Crippen LogP contribution in [0.5, 0.6) is 0 Å². The summed E-state index contributed by atoms with van der Waals surface area (Å²) in [5.41, 5.74) is 1.08. The Morgan fingerprint density at radius 3 is 2.72 bits per heavy atom. The van der Waals surface area contributed by atoms with E-state index < -0.39 is 5.67 Å². The number of morpholine rings is 1. The minimum Gasteiger partial charge on any atom is -0.379 e. The smallest absolute Gasteiger partial charge is 0.113 e. The summed E-state index contributed by atoms with van der Waals surface area (Å²) in [6.45, 7) is 5.90. The molecule has 0 aromatic heterocycles. The molecule has 2 atom stereocenters. The number of rotatable bonds is 4. The highest BCUT2D eigenvalue weighted by atomic mass is 19.1. The van der Waals surface area contributed by atoms with Gasteiger partial charge in [0, 0.05) is 19.0 Å². The van der Waals surface area contributed by atoms with Crippen LogP contribution in [0.2, 0.25) is 0 Å². The second-order valence-electron chi connectivity index (χ2n) is 5.51. The summed E-state index contributed by atoms with van der Waals surface area (Å²) < 4.78 is 19.9. The molecule has 0 saturated carbocycles. The molecule has 2 nitrogen and oxygen atoms in total. The van der Waals surface area contributed by atoms with Gasteiger partial charge in [0.1, 0.15) is 5.67 Å². The molecule has 1 fully saturated rings. The van der Waals surface area contributed by atoms with E-state index in [0.29, 0.717) is 19.4 Å². The Labute approximate surface area is 109 Å². The van der Waals surface area contributed by atoms with Crippen molar-refractivity contribution >= 4 is 0 Å². The SMILES string of the molecule is Cc1ccc(CC(C)(F)CC2COCCN2)cc1. The Kier molecular flexibility index (Phi) is 4.36.